The summed E-state index contributed by atoms with van der Waals surface area (Å²) in [6, 6.07) is 4.49. The van der Waals surface area contributed by atoms with E-state index in [2.05, 4.69) is 10.3 Å². The van der Waals surface area contributed by atoms with Gasteiger partial charge in [0.25, 0.3) is 0 Å². The maximum atomic E-state index is 5.54. The summed E-state index contributed by atoms with van der Waals surface area (Å²) in [6.45, 7) is 0. The van der Waals surface area contributed by atoms with Crippen molar-refractivity contribution in [3.05, 3.63) is 18.3 Å². The van der Waals surface area contributed by atoms with Crippen LogP contribution in [0.2, 0.25) is 0 Å². The maximum absolute atomic E-state index is 5.54. The van der Waals surface area contributed by atoms with Crippen molar-refractivity contribution in [3.8, 4) is 0 Å². The highest BCUT2D eigenvalue weighted by Crippen LogP contribution is 2.23. The molecule has 64 valence electrons. The minimum absolute atomic E-state index is 0.583. The molecule has 0 radical (unpaired) electrons. The molecule has 0 atom stereocenters. The first-order valence-corrected chi connectivity index (χ1v) is 4.33. The third-order valence-electron chi connectivity index (χ3n) is 2.26. The van der Waals surface area contributed by atoms with Gasteiger partial charge in [-0.05, 0) is 25.3 Å². The van der Waals surface area contributed by atoms with Crippen LogP contribution in [0.5, 0.6) is 0 Å². The van der Waals surface area contributed by atoms with Crippen molar-refractivity contribution in [1.29, 1.82) is 0 Å². The van der Waals surface area contributed by atoms with Crippen molar-refractivity contribution in [2.24, 2.45) is 0 Å². The maximum Gasteiger partial charge on any atom is 0.125 e. The third kappa shape index (κ3) is 1.49. The zero-order valence-electron chi connectivity index (χ0n) is 6.96. The summed E-state index contributed by atoms with van der Waals surface area (Å²) in [5, 5.41) is 3.40. The van der Waals surface area contributed by atoms with E-state index in [4.69, 9.17) is 5.73 Å². The summed E-state index contributed by atoms with van der Waals surface area (Å²) in [7, 11) is 0. The second-order valence-electron chi connectivity index (χ2n) is 3.24. The van der Waals surface area contributed by atoms with Gasteiger partial charge in [-0.15, -0.1) is 0 Å². The molecule has 1 aromatic rings. The van der Waals surface area contributed by atoms with Crippen LogP contribution in [0.1, 0.15) is 19.3 Å². The number of pyridine rings is 1. The van der Waals surface area contributed by atoms with Gasteiger partial charge in [-0.2, -0.15) is 0 Å². The lowest BCUT2D eigenvalue weighted by Gasteiger charge is -2.27. The fraction of sp³-hybridized carbons (Fsp3) is 0.444. The van der Waals surface area contributed by atoms with Crippen molar-refractivity contribution in [3.63, 3.8) is 0 Å². The zero-order valence-corrected chi connectivity index (χ0v) is 6.96. The zero-order chi connectivity index (χ0) is 8.39. The molecule has 1 fully saturated rings. The highest BCUT2D eigenvalue weighted by molar-refractivity contribution is 5.50. The van der Waals surface area contributed by atoms with Gasteiger partial charge in [-0.3, -0.25) is 0 Å². The molecule has 1 aliphatic carbocycles. The van der Waals surface area contributed by atoms with Crippen LogP contribution in [0.3, 0.4) is 0 Å². The second kappa shape index (κ2) is 3.01. The van der Waals surface area contributed by atoms with Crippen LogP contribution in [0, 0.1) is 0 Å². The molecule has 2 rings (SSSR count). The molecule has 1 aromatic heterocycles. The molecule has 0 saturated heterocycles. The monoisotopic (exact) mass is 163 g/mol. The molecule has 3 N–H and O–H groups in total. The van der Waals surface area contributed by atoms with Crippen LogP contribution in [-0.2, 0) is 0 Å². The molecule has 1 saturated carbocycles. The number of rotatable bonds is 2. The highest BCUT2D eigenvalue weighted by atomic mass is 14.9. The Hall–Kier alpha value is -1.25. The second-order valence-corrected chi connectivity index (χ2v) is 3.24. The van der Waals surface area contributed by atoms with E-state index in [1.165, 1.54) is 19.3 Å². The predicted molar refractivity (Wildman–Crippen MR) is 49.9 cm³/mol. The van der Waals surface area contributed by atoms with Gasteiger partial charge in [0.1, 0.15) is 5.82 Å². The Balaban J connectivity index is 2.02. The SMILES string of the molecule is Nc1cc(NC2CCC2)ccn1. The van der Waals surface area contributed by atoms with Crippen LogP contribution in [0.15, 0.2) is 18.3 Å². The average molecular weight is 163 g/mol. The average Bonchev–Trinajstić information content (AvgIpc) is 1.97. The first-order chi connectivity index (χ1) is 5.84. The van der Waals surface area contributed by atoms with Crippen LogP contribution >= 0.6 is 0 Å². The van der Waals surface area contributed by atoms with Crippen molar-refractivity contribution in [1.82, 2.24) is 4.98 Å². The number of hydrogen-bond donors (Lipinski definition) is 2. The lowest BCUT2D eigenvalue weighted by Crippen LogP contribution is -2.26. The highest BCUT2D eigenvalue weighted by Gasteiger charge is 2.16. The summed E-state index contributed by atoms with van der Waals surface area (Å²) in [5.74, 6) is 0.583. The lowest BCUT2D eigenvalue weighted by molar-refractivity contribution is 0.445. The van der Waals surface area contributed by atoms with E-state index in [1.54, 1.807) is 6.20 Å². The minimum Gasteiger partial charge on any atom is -0.384 e. The van der Waals surface area contributed by atoms with Gasteiger partial charge >= 0.3 is 0 Å². The number of anilines is 2. The van der Waals surface area contributed by atoms with E-state index >= 15 is 0 Å². The largest absolute Gasteiger partial charge is 0.384 e. The van der Waals surface area contributed by atoms with Crippen molar-refractivity contribution in [2.75, 3.05) is 11.1 Å². The van der Waals surface area contributed by atoms with E-state index in [-0.39, 0.29) is 0 Å². The Bertz CT molecular complexity index is 268. The van der Waals surface area contributed by atoms with E-state index in [1.807, 2.05) is 12.1 Å². The summed E-state index contributed by atoms with van der Waals surface area (Å²) in [5.41, 5.74) is 6.63. The van der Waals surface area contributed by atoms with Crippen molar-refractivity contribution < 1.29 is 0 Å². The molecule has 3 heteroatoms. The summed E-state index contributed by atoms with van der Waals surface area (Å²) in [4.78, 5) is 3.93. The molecule has 0 bridgehead atoms. The van der Waals surface area contributed by atoms with Gasteiger partial charge < -0.3 is 11.1 Å². The summed E-state index contributed by atoms with van der Waals surface area (Å²) >= 11 is 0. The number of nitrogen functional groups attached to an aromatic ring is 1. The molecule has 0 aromatic carbocycles. The molecule has 3 nitrogen and oxygen atoms in total. The van der Waals surface area contributed by atoms with Gasteiger partial charge in [0.05, 0.1) is 0 Å². The number of hydrogen-bond acceptors (Lipinski definition) is 3. The quantitative estimate of drug-likeness (QED) is 0.696. The molecular weight excluding hydrogens is 150 g/mol. The van der Waals surface area contributed by atoms with E-state index in [9.17, 15) is 0 Å². The van der Waals surface area contributed by atoms with Crippen LogP contribution in [0.25, 0.3) is 0 Å². The summed E-state index contributed by atoms with van der Waals surface area (Å²) in [6.07, 6.45) is 5.64. The normalized spacial score (nSPS) is 17.0. The first kappa shape index (κ1) is 7.40. The molecule has 1 heterocycles. The van der Waals surface area contributed by atoms with Crippen molar-refractivity contribution >= 4 is 11.5 Å². The number of nitrogens with one attached hydrogen (secondary N) is 1. The van der Waals surface area contributed by atoms with Crippen LogP contribution in [0.4, 0.5) is 11.5 Å². The number of nitrogens with two attached hydrogens (primary N) is 1. The smallest absolute Gasteiger partial charge is 0.125 e. The topological polar surface area (TPSA) is 50.9 Å². The molecule has 0 amide bonds. The molecule has 12 heavy (non-hydrogen) atoms. The number of aromatic nitrogens is 1. The van der Waals surface area contributed by atoms with Gasteiger partial charge in [-0.1, -0.05) is 0 Å². The van der Waals surface area contributed by atoms with Gasteiger partial charge in [0.15, 0.2) is 0 Å². The number of nitrogens with zero attached hydrogens (tertiary/aromatic N) is 1. The van der Waals surface area contributed by atoms with E-state index < -0.39 is 0 Å². The van der Waals surface area contributed by atoms with Crippen LogP contribution in [-0.4, -0.2) is 11.0 Å². The first-order valence-electron chi connectivity index (χ1n) is 4.33. The summed E-state index contributed by atoms with van der Waals surface area (Å²) < 4.78 is 0. The van der Waals surface area contributed by atoms with Gasteiger partial charge in [0.2, 0.25) is 0 Å². The Morgan fingerprint density at radius 1 is 1.50 bits per heavy atom. The standard InChI is InChI=1S/C9H13N3/c10-9-6-8(4-5-11-9)12-7-2-1-3-7/h4-7H,1-3H2,(H3,10,11,12). The van der Waals surface area contributed by atoms with E-state index in [0.29, 0.717) is 11.9 Å². The Labute approximate surface area is 72.0 Å². The lowest BCUT2D eigenvalue weighted by atomic mass is 9.93. The van der Waals surface area contributed by atoms with Crippen LogP contribution < -0.4 is 11.1 Å². The Kier molecular flexibility index (Phi) is 1.86. The minimum atomic E-state index is 0.583. The molecule has 0 unspecified atom stereocenters. The molecular formula is C9H13N3. The van der Waals surface area contributed by atoms with E-state index in [0.717, 1.165) is 5.69 Å². The fourth-order valence-electron chi connectivity index (χ4n) is 1.33. The Morgan fingerprint density at radius 3 is 2.92 bits per heavy atom. The van der Waals surface area contributed by atoms with Gasteiger partial charge in [0, 0.05) is 24.0 Å². The fourth-order valence-corrected chi connectivity index (χ4v) is 1.33. The molecule has 1 aliphatic rings. The Morgan fingerprint density at radius 2 is 2.33 bits per heavy atom. The van der Waals surface area contributed by atoms with Gasteiger partial charge in [-0.25, -0.2) is 4.98 Å². The third-order valence-corrected chi connectivity index (χ3v) is 2.26. The predicted octanol–water partition coefficient (Wildman–Crippen LogP) is 1.63. The molecule has 0 spiro atoms. The molecule has 0 aliphatic heterocycles. The van der Waals surface area contributed by atoms with Crippen molar-refractivity contribution in [2.45, 2.75) is 25.3 Å².